The molecule has 4 heterocycles. The van der Waals surface area contributed by atoms with Gasteiger partial charge in [-0.2, -0.15) is 0 Å². The summed E-state index contributed by atoms with van der Waals surface area (Å²) < 4.78 is 4.59. The van der Waals surface area contributed by atoms with Crippen molar-refractivity contribution < 1.29 is 24.2 Å². The summed E-state index contributed by atoms with van der Waals surface area (Å²) in [6.07, 6.45) is 7.84. The number of likely N-dealkylation sites (tertiary alicyclic amines) is 1. The Kier molecular flexibility index (Phi) is 7.38. The lowest BCUT2D eigenvalue weighted by atomic mass is 9.78. The minimum atomic E-state index is -0.981. The van der Waals surface area contributed by atoms with E-state index in [0.717, 1.165) is 11.4 Å². The summed E-state index contributed by atoms with van der Waals surface area (Å²) in [5.41, 5.74) is 1.28. The Labute approximate surface area is 248 Å². The quantitative estimate of drug-likeness (QED) is 0.511. The Morgan fingerprint density at radius 3 is 2.46 bits per heavy atom. The van der Waals surface area contributed by atoms with Crippen molar-refractivity contribution in [2.45, 2.75) is 35.9 Å². The Morgan fingerprint density at radius 2 is 1.76 bits per heavy atom. The van der Waals surface area contributed by atoms with Crippen LogP contribution < -0.4 is 14.5 Å². The van der Waals surface area contributed by atoms with Crippen molar-refractivity contribution in [1.29, 1.82) is 0 Å². The van der Waals surface area contributed by atoms with Gasteiger partial charge in [0.05, 0.1) is 46.5 Å². The number of carbonyl (C=O) groups excluding carboxylic acids is 3. The van der Waals surface area contributed by atoms with Gasteiger partial charge in [0.25, 0.3) is 5.91 Å². The van der Waals surface area contributed by atoms with E-state index >= 15 is 0 Å². The molecule has 1 spiro atoms. The highest BCUT2D eigenvalue weighted by molar-refractivity contribution is 8.02. The van der Waals surface area contributed by atoms with Gasteiger partial charge < -0.3 is 24.5 Å². The molecule has 2 saturated heterocycles. The van der Waals surface area contributed by atoms with E-state index < -0.39 is 28.7 Å². The first-order valence-electron chi connectivity index (χ1n) is 13.9. The summed E-state index contributed by atoms with van der Waals surface area (Å²) in [6, 6.07) is 13.0. The molecule has 0 bridgehead atoms. The van der Waals surface area contributed by atoms with Gasteiger partial charge in [0.15, 0.2) is 0 Å². The van der Waals surface area contributed by atoms with Crippen molar-refractivity contribution in [3.05, 3.63) is 77.9 Å². The predicted molar refractivity (Wildman–Crippen MR) is 160 cm³/mol. The minimum Gasteiger partial charge on any atom is -0.494 e. The molecule has 1 unspecified atom stereocenters. The van der Waals surface area contributed by atoms with Crippen molar-refractivity contribution in [1.82, 2.24) is 4.90 Å². The van der Waals surface area contributed by atoms with Gasteiger partial charge in [-0.25, -0.2) is 0 Å². The average Bonchev–Trinajstić information content (AvgIpc) is 3.30. The van der Waals surface area contributed by atoms with Gasteiger partial charge in [0, 0.05) is 24.0 Å². The lowest BCUT2D eigenvalue weighted by Crippen LogP contribution is -2.56. The number of hydrogen-bond acceptors (Lipinski definition) is 6. The number of amides is 3. The molecule has 41 heavy (non-hydrogen) atoms. The number of benzene rings is 2. The zero-order chi connectivity index (χ0) is 28.9. The second-order valence-electron chi connectivity index (χ2n) is 10.7. The molecule has 4 aliphatic rings. The van der Waals surface area contributed by atoms with E-state index in [2.05, 4.69) is 0 Å². The van der Waals surface area contributed by atoms with E-state index in [-0.39, 0.29) is 36.1 Å². The highest BCUT2D eigenvalue weighted by Crippen LogP contribution is 2.61. The molecule has 0 aromatic heterocycles. The lowest BCUT2D eigenvalue weighted by Gasteiger charge is -2.37. The molecule has 1 N–H and O–H groups in total. The zero-order valence-electron chi connectivity index (χ0n) is 22.9. The monoisotopic (exact) mass is 593 g/mol. The number of fused-ring (bicyclic) bond motifs is 2. The Bertz CT molecular complexity index is 1430. The first-order valence-corrected chi connectivity index (χ1v) is 15.1. The van der Waals surface area contributed by atoms with Gasteiger partial charge >= 0.3 is 0 Å². The van der Waals surface area contributed by atoms with Crippen molar-refractivity contribution in [2.75, 3.05) is 36.1 Å². The number of hydrogen-bond donors (Lipinski definition) is 1. The molecule has 0 radical (unpaired) electrons. The van der Waals surface area contributed by atoms with Crippen LogP contribution in [0.25, 0.3) is 0 Å². The van der Waals surface area contributed by atoms with Crippen LogP contribution in [-0.2, 0) is 14.4 Å². The molecule has 3 amide bonds. The number of anilines is 2. The summed E-state index contributed by atoms with van der Waals surface area (Å²) in [5, 5.41) is 10.3. The second-order valence-corrected chi connectivity index (χ2v) is 12.6. The lowest BCUT2D eigenvalue weighted by molar-refractivity contribution is -0.141. The molecular formula is C31H32ClN3O5S. The second kappa shape index (κ2) is 10.9. The SMILES string of the molecule is CCOc1ccc(N2CC=C[C@H]3S[C@]45C=CCN(c6ccccc6Cl)C(=O)C4N([C@H](C)CO)C(=O)[C@@H]5[C@H]3C2=O)cc1. The standard InChI is InChI=1S/C31H32ClN3O5S/c1-3-40-21-13-11-20(12-14-21)33-16-6-10-24-25(28(33)37)26-29(38)35(19(2)18-36)27-30(39)34(17-7-15-31(26,27)41-24)23-9-5-4-8-22(23)32/h4-15,19,24-27,36H,3,16-18H2,1-2H3/t19-,24-,25+,26+,27?,31+/m1/s1. The zero-order valence-corrected chi connectivity index (χ0v) is 24.4. The largest absolute Gasteiger partial charge is 0.494 e. The minimum absolute atomic E-state index is 0.155. The number of aliphatic hydroxyl groups is 1. The topological polar surface area (TPSA) is 90.4 Å². The maximum Gasteiger partial charge on any atom is 0.251 e. The van der Waals surface area contributed by atoms with Gasteiger partial charge in [-0.3, -0.25) is 14.4 Å². The van der Waals surface area contributed by atoms with Crippen LogP contribution in [0.4, 0.5) is 11.4 Å². The predicted octanol–water partition coefficient (Wildman–Crippen LogP) is 3.92. The fraction of sp³-hybridized carbons (Fsp3) is 0.387. The maximum absolute atomic E-state index is 14.4. The van der Waals surface area contributed by atoms with Gasteiger partial charge in [0.2, 0.25) is 11.8 Å². The number of aliphatic hydroxyl groups excluding tert-OH is 1. The molecule has 8 nitrogen and oxygen atoms in total. The normalized spacial score (nSPS) is 29.7. The first-order chi connectivity index (χ1) is 19.8. The van der Waals surface area contributed by atoms with E-state index in [1.807, 2.05) is 61.6 Å². The van der Waals surface area contributed by atoms with E-state index in [9.17, 15) is 19.5 Å². The number of para-hydroxylation sites is 1. The smallest absolute Gasteiger partial charge is 0.251 e. The van der Waals surface area contributed by atoms with E-state index in [0.29, 0.717) is 23.9 Å². The number of ether oxygens (including phenoxy) is 1. The summed E-state index contributed by atoms with van der Waals surface area (Å²) in [6.45, 7) is 4.54. The van der Waals surface area contributed by atoms with Gasteiger partial charge in [0.1, 0.15) is 11.8 Å². The number of thioether (sulfide) groups is 1. The number of rotatable bonds is 6. The van der Waals surface area contributed by atoms with Crippen LogP contribution in [-0.4, -0.2) is 76.1 Å². The average molecular weight is 594 g/mol. The highest BCUT2D eigenvalue weighted by atomic mass is 35.5. The van der Waals surface area contributed by atoms with Gasteiger partial charge in [-0.05, 0) is 50.2 Å². The first kappa shape index (κ1) is 27.9. The summed E-state index contributed by atoms with van der Waals surface area (Å²) in [4.78, 5) is 47.9. The van der Waals surface area contributed by atoms with Crippen LogP contribution in [0.5, 0.6) is 5.75 Å². The number of nitrogens with zero attached hydrogens (tertiary/aromatic N) is 3. The third-order valence-electron chi connectivity index (χ3n) is 8.44. The van der Waals surface area contributed by atoms with Crippen LogP contribution in [0, 0.1) is 11.8 Å². The molecular weight excluding hydrogens is 562 g/mol. The van der Waals surface area contributed by atoms with Gasteiger partial charge in [-0.15, -0.1) is 11.8 Å². The summed E-state index contributed by atoms with van der Waals surface area (Å²) in [7, 11) is 0. The van der Waals surface area contributed by atoms with E-state index in [1.54, 1.807) is 34.9 Å². The van der Waals surface area contributed by atoms with Crippen LogP contribution in [0.1, 0.15) is 13.8 Å². The van der Waals surface area contributed by atoms with Gasteiger partial charge in [-0.1, -0.05) is 48.0 Å². The highest BCUT2D eigenvalue weighted by Gasteiger charge is 2.71. The maximum atomic E-state index is 14.4. The molecule has 2 aromatic carbocycles. The molecule has 4 aliphatic heterocycles. The molecule has 10 heteroatoms. The summed E-state index contributed by atoms with van der Waals surface area (Å²) >= 11 is 8.02. The molecule has 2 fully saturated rings. The van der Waals surface area contributed by atoms with E-state index in [4.69, 9.17) is 16.3 Å². The molecule has 6 rings (SSSR count). The third kappa shape index (κ3) is 4.37. The van der Waals surface area contributed by atoms with Crippen molar-refractivity contribution >= 4 is 52.5 Å². The Balaban J connectivity index is 1.42. The fourth-order valence-electron chi connectivity index (χ4n) is 6.65. The molecule has 0 aliphatic carbocycles. The van der Waals surface area contributed by atoms with Crippen LogP contribution >= 0.6 is 23.4 Å². The van der Waals surface area contributed by atoms with Crippen LogP contribution in [0.15, 0.2) is 72.8 Å². The fourth-order valence-corrected chi connectivity index (χ4v) is 8.88. The number of carbonyl (C=O) groups is 3. The van der Waals surface area contributed by atoms with Crippen molar-refractivity contribution in [3.8, 4) is 5.75 Å². The van der Waals surface area contributed by atoms with E-state index in [1.165, 1.54) is 16.7 Å². The molecule has 6 atom stereocenters. The molecule has 2 aromatic rings. The van der Waals surface area contributed by atoms with Crippen molar-refractivity contribution in [3.63, 3.8) is 0 Å². The summed E-state index contributed by atoms with van der Waals surface area (Å²) in [5.74, 6) is -1.45. The van der Waals surface area contributed by atoms with Crippen molar-refractivity contribution in [2.24, 2.45) is 11.8 Å². The Hall–Kier alpha value is -3.27. The number of halogens is 1. The Morgan fingerprint density at radius 1 is 1.02 bits per heavy atom. The van der Waals surface area contributed by atoms with Crippen LogP contribution in [0.2, 0.25) is 5.02 Å². The molecule has 0 saturated carbocycles. The van der Waals surface area contributed by atoms with Crippen LogP contribution in [0.3, 0.4) is 0 Å². The third-order valence-corrected chi connectivity index (χ3v) is 10.5. The molecule has 214 valence electrons.